The second-order valence-corrected chi connectivity index (χ2v) is 5.12. The van der Waals surface area contributed by atoms with Crippen molar-refractivity contribution < 1.29 is 4.74 Å². The number of nitrogens with two attached hydrogens (primary N) is 1. The maximum atomic E-state index is 5.83. The highest BCUT2D eigenvalue weighted by Crippen LogP contribution is 2.28. The van der Waals surface area contributed by atoms with Crippen LogP contribution in [-0.4, -0.2) is 4.98 Å². The van der Waals surface area contributed by atoms with Gasteiger partial charge in [0.05, 0.1) is 0 Å². The van der Waals surface area contributed by atoms with E-state index in [1.807, 2.05) is 13.0 Å². The molecule has 0 fully saturated rings. The Hall–Kier alpha value is -1.55. The number of nitrogen functional groups attached to an aromatic ring is 1. The summed E-state index contributed by atoms with van der Waals surface area (Å²) in [6.45, 7) is 4.05. The van der Waals surface area contributed by atoms with E-state index in [2.05, 4.69) is 52.1 Å². The standard InChI is InChI=1S/C14H15BrN2O/c1-9-3-5-11(6-4-9)10(2)18-13-7-12(15)8-17-14(13)16/h3-8,10H,1-2H3,(H2,16,17). The molecule has 4 heteroatoms. The zero-order valence-electron chi connectivity index (χ0n) is 10.4. The maximum Gasteiger partial charge on any atom is 0.166 e. The molecule has 0 spiro atoms. The van der Waals surface area contributed by atoms with E-state index in [4.69, 9.17) is 10.5 Å². The summed E-state index contributed by atoms with van der Waals surface area (Å²) >= 11 is 3.35. The normalized spacial score (nSPS) is 12.2. The third kappa shape index (κ3) is 3.01. The maximum absolute atomic E-state index is 5.83. The van der Waals surface area contributed by atoms with Gasteiger partial charge in [-0.3, -0.25) is 0 Å². The molecule has 0 aliphatic carbocycles. The average molecular weight is 307 g/mol. The van der Waals surface area contributed by atoms with Crippen LogP contribution in [0.25, 0.3) is 0 Å². The lowest BCUT2D eigenvalue weighted by atomic mass is 10.1. The molecule has 94 valence electrons. The Morgan fingerprint density at radius 2 is 1.94 bits per heavy atom. The molecular formula is C14H15BrN2O. The highest BCUT2D eigenvalue weighted by atomic mass is 79.9. The summed E-state index contributed by atoms with van der Waals surface area (Å²) in [7, 11) is 0. The van der Waals surface area contributed by atoms with Crippen molar-refractivity contribution in [2.45, 2.75) is 20.0 Å². The molecule has 1 aromatic carbocycles. The Labute approximate surface area is 115 Å². The number of hydrogen-bond acceptors (Lipinski definition) is 3. The summed E-state index contributed by atoms with van der Waals surface area (Å²) in [5, 5.41) is 0. The molecule has 0 bridgehead atoms. The number of aryl methyl sites for hydroxylation is 1. The van der Waals surface area contributed by atoms with Crippen LogP contribution in [0.1, 0.15) is 24.2 Å². The molecule has 1 heterocycles. The fourth-order valence-electron chi connectivity index (χ4n) is 1.62. The summed E-state index contributed by atoms with van der Waals surface area (Å²) in [5.74, 6) is 0.995. The van der Waals surface area contributed by atoms with Crippen molar-refractivity contribution in [1.82, 2.24) is 4.98 Å². The minimum Gasteiger partial charge on any atom is -0.482 e. The molecule has 1 atom stereocenters. The van der Waals surface area contributed by atoms with Crippen LogP contribution in [0.15, 0.2) is 41.0 Å². The van der Waals surface area contributed by atoms with Gasteiger partial charge in [-0.05, 0) is 41.4 Å². The fourth-order valence-corrected chi connectivity index (χ4v) is 1.93. The number of anilines is 1. The van der Waals surface area contributed by atoms with E-state index in [1.54, 1.807) is 6.20 Å². The van der Waals surface area contributed by atoms with Gasteiger partial charge in [-0.2, -0.15) is 0 Å². The minimum atomic E-state index is -0.0657. The molecule has 0 aliphatic rings. The van der Waals surface area contributed by atoms with Gasteiger partial charge in [-0.25, -0.2) is 4.98 Å². The number of ether oxygens (including phenoxy) is 1. The van der Waals surface area contributed by atoms with Gasteiger partial charge < -0.3 is 10.5 Å². The number of benzene rings is 1. The summed E-state index contributed by atoms with van der Waals surface area (Å²) in [6.07, 6.45) is 1.59. The van der Waals surface area contributed by atoms with Crippen LogP contribution < -0.4 is 10.5 Å². The van der Waals surface area contributed by atoms with E-state index in [-0.39, 0.29) is 6.10 Å². The first-order chi connectivity index (χ1) is 8.56. The largest absolute Gasteiger partial charge is 0.482 e. The number of rotatable bonds is 3. The van der Waals surface area contributed by atoms with Gasteiger partial charge in [0.1, 0.15) is 6.10 Å². The molecule has 1 aromatic heterocycles. The Balaban J connectivity index is 2.18. The van der Waals surface area contributed by atoms with E-state index in [0.29, 0.717) is 11.6 Å². The van der Waals surface area contributed by atoms with Crippen LogP contribution in [0.2, 0.25) is 0 Å². The molecule has 0 amide bonds. The lowest BCUT2D eigenvalue weighted by Crippen LogP contribution is -2.05. The highest BCUT2D eigenvalue weighted by molar-refractivity contribution is 9.10. The van der Waals surface area contributed by atoms with Gasteiger partial charge in [-0.15, -0.1) is 0 Å². The predicted molar refractivity (Wildman–Crippen MR) is 76.6 cm³/mol. The van der Waals surface area contributed by atoms with E-state index in [1.165, 1.54) is 5.56 Å². The molecule has 2 aromatic rings. The third-order valence-corrected chi connectivity index (χ3v) is 3.13. The SMILES string of the molecule is Cc1ccc(C(C)Oc2cc(Br)cnc2N)cc1. The van der Waals surface area contributed by atoms with Crippen LogP contribution in [-0.2, 0) is 0 Å². The lowest BCUT2D eigenvalue weighted by Gasteiger charge is -2.16. The highest BCUT2D eigenvalue weighted by Gasteiger charge is 2.10. The molecule has 2 rings (SSSR count). The quantitative estimate of drug-likeness (QED) is 0.936. The van der Waals surface area contributed by atoms with Crippen molar-refractivity contribution >= 4 is 21.7 Å². The van der Waals surface area contributed by atoms with Gasteiger partial charge in [0.25, 0.3) is 0 Å². The Bertz CT molecular complexity index is 540. The number of nitrogens with zero attached hydrogens (tertiary/aromatic N) is 1. The first-order valence-corrected chi connectivity index (χ1v) is 6.50. The van der Waals surface area contributed by atoms with Crippen molar-refractivity contribution in [3.8, 4) is 5.75 Å². The van der Waals surface area contributed by atoms with Gasteiger partial charge in [-0.1, -0.05) is 29.8 Å². The van der Waals surface area contributed by atoms with E-state index in [9.17, 15) is 0 Å². The van der Waals surface area contributed by atoms with Crippen LogP contribution in [0.5, 0.6) is 5.75 Å². The molecule has 2 N–H and O–H groups in total. The van der Waals surface area contributed by atoms with Gasteiger partial charge in [0.2, 0.25) is 0 Å². The molecular weight excluding hydrogens is 292 g/mol. The first-order valence-electron chi connectivity index (χ1n) is 5.70. The second kappa shape index (κ2) is 5.40. The third-order valence-electron chi connectivity index (χ3n) is 2.70. The van der Waals surface area contributed by atoms with Crippen molar-refractivity contribution in [3.05, 3.63) is 52.1 Å². The van der Waals surface area contributed by atoms with E-state index in [0.717, 1.165) is 10.0 Å². The topological polar surface area (TPSA) is 48.1 Å². The van der Waals surface area contributed by atoms with Crippen LogP contribution in [0, 0.1) is 6.92 Å². The number of hydrogen-bond donors (Lipinski definition) is 1. The van der Waals surface area contributed by atoms with Crippen LogP contribution >= 0.6 is 15.9 Å². The molecule has 1 unspecified atom stereocenters. The summed E-state index contributed by atoms with van der Waals surface area (Å²) in [4.78, 5) is 4.05. The van der Waals surface area contributed by atoms with Crippen molar-refractivity contribution in [1.29, 1.82) is 0 Å². The number of halogens is 1. The van der Waals surface area contributed by atoms with Gasteiger partial charge in [0.15, 0.2) is 11.6 Å². The zero-order chi connectivity index (χ0) is 13.1. The van der Waals surface area contributed by atoms with E-state index >= 15 is 0 Å². The van der Waals surface area contributed by atoms with Crippen LogP contribution in [0.4, 0.5) is 5.82 Å². The number of pyridine rings is 1. The zero-order valence-corrected chi connectivity index (χ0v) is 11.9. The molecule has 3 nitrogen and oxygen atoms in total. The summed E-state index contributed by atoms with van der Waals surface area (Å²) in [5.41, 5.74) is 8.13. The minimum absolute atomic E-state index is 0.0657. The molecule has 18 heavy (non-hydrogen) atoms. The second-order valence-electron chi connectivity index (χ2n) is 4.21. The van der Waals surface area contributed by atoms with Gasteiger partial charge >= 0.3 is 0 Å². The Morgan fingerprint density at radius 3 is 2.61 bits per heavy atom. The molecule has 0 radical (unpaired) electrons. The Morgan fingerprint density at radius 1 is 1.28 bits per heavy atom. The van der Waals surface area contributed by atoms with Crippen molar-refractivity contribution in [2.75, 3.05) is 5.73 Å². The summed E-state index contributed by atoms with van der Waals surface area (Å²) < 4.78 is 6.68. The smallest absolute Gasteiger partial charge is 0.166 e. The molecule has 0 aliphatic heterocycles. The predicted octanol–water partition coefficient (Wildman–Crippen LogP) is 3.87. The van der Waals surface area contributed by atoms with Crippen LogP contribution in [0.3, 0.4) is 0 Å². The Kier molecular flexibility index (Phi) is 3.87. The van der Waals surface area contributed by atoms with E-state index < -0.39 is 0 Å². The molecule has 0 saturated heterocycles. The van der Waals surface area contributed by atoms with Crippen molar-refractivity contribution in [2.24, 2.45) is 0 Å². The van der Waals surface area contributed by atoms with Crippen molar-refractivity contribution in [3.63, 3.8) is 0 Å². The number of aromatic nitrogens is 1. The van der Waals surface area contributed by atoms with Gasteiger partial charge in [0, 0.05) is 10.7 Å². The molecule has 0 saturated carbocycles. The first kappa shape index (κ1) is 12.9. The average Bonchev–Trinajstić information content (AvgIpc) is 2.34. The summed E-state index contributed by atoms with van der Waals surface area (Å²) in [6, 6.07) is 10.1. The monoisotopic (exact) mass is 306 g/mol. The fraction of sp³-hybridized carbons (Fsp3) is 0.214. The lowest BCUT2D eigenvalue weighted by molar-refractivity contribution is 0.227.